The van der Waals surface area contributed by atoms with Crippen LogP contribution in [0.1, 0.15) is 36.0 Å². The first-order valence-corrected chi connectivity index (χ1v) is 15.2. The van der Waals surface area contributed by atoms with Gasteiger partial charge in [-0.2, -0.15) is 0 Å². The van der Waals surface area contributed by atoms with Crippen molar-refractivity contribution in [3.63, 3.8) is 0 Å². The van der Waals surface area contributed by atoms with Gasteiger partial charge in [0.1, 0.15) is 7.05 Å². The zero-order valence-corrected chi connectivity index (χ0v) is 25.6. The molecule has 1 aliphatic heterocycles. The first kappa shape index (κ1) is 22.0. The van der Waals surface area contributed by atoms with Crippen molar-refractivity contribution < 1.29 is 12.8 Å². The lowest BCUT2D eigenvalue weighted by atomic mass is 9.20. The number of rotatable bonds is 4. The van der Waals surface area contributed by atoms with E-state index in [4.69, 9.17) is 8.22 Å². The van der Waals surface area contributed by atoms with E-state index in [1.54, 1.807) is 12.1 Å². The Morgan fingerprint density at radius 1 is 0.500 bits per heavy atom. The van der Waals surface area contributed by atoms with E-state index in [2.05, 4.69) is 85.4 Å². The highest BCUT2D eigenvalue weighted by Gasteiger charge is 2.40. The molecule has 7 rings (SSSR count). The molecule has 0 saturated heterocycles. The molecule has 0 bridgehead atoms. The van der Waals surface area contributed by atoms with Crippen LogP contribution in [0.3, 0.4) is 0 Å². The van der Waals surface area contributed by atoms with Crippen LogP contribution in [0.25, 0.3) is 22.4 Å². The summed E-state index contributed by atoms with van der Waals surface area (Å²) in [4.78, 5) is 0. The third-order valence-electron chi connectivity index (χ3n) is 9.46. The van der Waals surface area contributed by atoms with Crippen LogP contribution in [0.2, 0.25) is 0 Å². The third-order valence-corrected chi connectivity index (χ3v) is 9.46. The minimum atomic E-state index is -2.33. The molecule has 0 spiro atoms. The molecule has 0 amide bonds. The molecule has 0 atom stereocenters. The number of aromatic nitrogens is 1. The van der Waals surface area contributed by atoms with E-state index >= 15 is 0 Å². The fraction of sp³-hybridized carbons (Fsp3) is 0.146. The summed E-state index contributed by atoms with van der Waals surface area (Å²) in [6, 6.07) is 38.4. The van der Waals surface area contributed by atoms with Crippen LogP contribution >= 0.6 is 0 Å². The molecule has 1 aromatic heterocycles. The Balaban J connectivity index is 1.55. The molecular weight excluding hydrogens is 528 g/mol. The Kier molecular flexibility index (Phi) is 5.56. The monoisotopic (exact) mass is 572 g/mol. The lowest BCUT2D eigenvalue weighted by Crippen LogP contribution is -2.75. The average Bonchev–Trinajstić information content (AvgIpc) is 3.07. The molecule has 3 heteroatoms. The van der Waals surface area contributed by atoms with Crippen LogP contribution < -0.4 is 37.3 Å². The third kappa shape index (κ3) is 4.63. The molecule has 0 saturated carbocycles. The van der Waals surface area contributed by atoms with Crippen LogP contribution in [0.15, 0.2) is 121 Å². The van der Waals surface area contributed by atoms with Gasteiger partial charge in [-0.3, -0.25) is 0 Å². The van der Waals surface area contributed by atoms with Gasteiger partial charge in [0.25, 0.3) is 0 Å². The molecule has 5 aromatic carbocycles. The summed E-state index contributed by atoms with van der Waals surface area (Å²) < 4.78 is 53.5. The Morgan fingerprint density at radius 2 is 1.02 bits per heavy atom. The minimum Gasteiger partial charge on any atom is -0.201 e. The van der Waals surface area contributed by atoms with Gasteiger partial charge >= 0.3 is 0 Å². The molecule has 0 N–H and O–H groups in total. The second-order valence-electron chi connectivity index (χ2n) is 12.1. The van der Waals surface area contributed by atoms with Gasteiger partial charge in [0.2, 0.25) is 19.1 Å². The quantitative estimate of drug-likeness (QED) is 0.212. The summed E-state index contributed by atoms with van der Waals surface area (Å²) >= 11 is 0. The van der Waals surface area contributed by atoms with Gasteiger partial charge in [-0.1, -0.05) is 152 Å². The molecule has 2 heterocycles. The summed E-state index contributed by atoms with van der Waals surface area (Å²) in [5.74, 6) is 0. The van der Waals surface area contributed by atoms with Crippen molar-refractivity contribution in [2.24, 2.45) is 7.05 Å². The largest absolute Gasteiger partial charge is 0.240 e. The molecule has 0 unspecified atom stereocenters. The zero-order chi connectivity index (χ0) is 35.5. The zero-order valence-electron chi connectivity index (χ0n) is 31.6. The molecule has 6 aromatic rings. The smallest absolute Gasteiger partial charge is 0.201 e. The van der Waals surface area contributed by atoms with E-state index in [9.17, 15) is 0 Å². The van der Waals surface area contributed by atoms with E-state index in [-0.39, 0.29) is 13.4 Å². The predicted octanol–water partition coefficient (Wildman–Crippen LogP) is 4.73. The first-order chi connectivity index (χ1) is 23.8. The maximum absolute atomic E-state index is 8.58. The molecule has 212 valence electrons. The maximum Gasteiger partial charge on any atom is 0.240 e. The average molecular weight is 572 g/mol. The summed E-state index contributed by atoms with van der Waals surface area (Å²) in [5.41, 5.74) is 13.5. The van der Waals surface area contributed by atoms with Crippen LogP contribution in [0.4, 0.5) is 0 Å². The summed E-state index contributed by atoms with van der Waals surface area (Å²) in [6.45, 7) is 0.702. The molecule has 0 aliphatic carbocycles. The number of pyridine rings is 1. The topological polar surface area (TPSA) is 3.88 Å². The molecular formula is C41H38B2N+. The Hall–Kier alpha value is -4.62. The maximum atomic E-state index is 8.58. The summed E-state index contributed by atoms with van der Waals surface area (Å²) in [5, 5.41) is 0. The first-order valence-electron chi connectivity index (χ1n) is 18.2. The van der Waals surface area contributed by atoms with Gasteiger partial charge in [-0.05, 0) is 57.2 Å². The van der Waals surface area contributed by atoms with Crippen molar-refractivity contribution in [1.29, 1.82) is 0 Å². The number of fused-ring (bicyclic) bond motifs is 2. The number of benzene rings is 5. The highest BCUT2D eigenvalue weighted by atomic mass is 14.9. The van der Waals surface area contributed by atoms with Gasteiger partial charge in [0.15, 0.2) is 6.20 Å². The molecule has 1 nitrogen and oxygen atoms in total. The van der Waals surface area contributed by atoms with Crippen molar-refractivity contribution in [2.45, 2.75) is 34.5 Å². The SMILES string of the molecule is [2H]C([2H])([2H])c1cccc(C)c1B1c2ccccc2B(c2c(C)cccc2C([2H])([2H])[2H])c2cc(-c3cc[n+](C)c(-c4ccccc4C)c3)ccc21. The lowest BCUT2D eigenvalue weighted by Gasteiger charge is -2.34. The van der Waals surface area contributed by atoms with Crippen LogP contribution in [-0.4, -0.2) is 13.4 Å². The molecule has 0 fully saturated rings. The number of nitrogens with zero attached hydrogens (tertiary/aromatic N) is 1. The summed E-state index contributed by atoms with van der Waals surface area (Å²) in [7, 11) is 2.05. The van der Waals surface area contributed by atoms with Gasteiger partial charge < -0.3 is 0 Å². The van der Waals surface area contributed by atoms with Crippen molar-refractivity contribution in [3.05, 3.63) is 149 Å². The van der Waals surface area contributed by atoms with Crippen LogP contribution in [0.5, 0.6) is 0 Å². The van der Waals surface area contributed by atoms with Crippen LogP contribution in [-0.2, 0) is 7.05 Å². The second kappa shape index (κ2) is 11.1. The van der Waals surface area contributed by atoms with E-state index in [1.807, 2.05) is 56.3 Å². The molecule has 0 radical (unpaired) electrons. The second-order valence-corrected chi connectivity index (χ2v) is 12.1. The van der Waals surface area contributed by atoms with Gasteiger partial charge in [0, 0.05) is 25.9 Å². The Labute approximate surface area is 271 Å². The fourth-order valence-electron chi connectivity index (χ4n) is 7.27. The molecule has 1 aliphatic rings. The van der Waals surface area contributed by atoms with Crippen molar-refractivity contribution in [2.75, 3.05) is 0 Å². The Morgan fingerprint density at radius 3 is 1.66 bits per heavy atom. The number of hydrogen-bond donors (Lipinski definition) is 0. The number of aryl methyl sites for hydroxylation is 6. The fourth-order valence-corrected chi connectivity index (χ4v) is 7.27. The van der Waals surface area contributed by atoms with Crippen LogP contribution in [0, 0.1) is 34.5 Å². The minimum absolute atomic E-state index is 0.333. The molecule has 44 heavy (non-hydrogen) atoms. The van der Waals surface area contributed by atoms with E-state index in [0.29, 0.717) is 11.1 Å². The van der Waals surface area contributed by atoms with E-state index < -0.39 is 13.7 Å². The van der Waals surface area contributed by atoms with Gasteiger partial charge in [0.05, 0.1) is 0 Å². The van der Waals surface area contributed by atoms with Crippen molar-refractivity contribution in [1.82, 2.24) is 0 Å². The van der Waals surface area contributed by atoms with E-state index in [0.717, 1.165) is 66.3 Å². The Bertz CT molecular complexity index is 2270. The normalized spacial score (nSPS) is 14.8. The summed E-state index contributed by atoms with van der Waals surface area (Å²) in [6.07, 6.45) is 2.08. The number of hydrogen-bond acceptors (Lipinski definition) is 0. The van der Waals surface area contributed by atoms with Gasteiger partial charge in [-0.25, -0.2) is 4.57 Å². The highest BCUT2D eigenvalue weighted by molar-refractivity contribution is 7.11. The lowest BCUT2D eigenvalue weighted by molar-refractivity contribution is -0.660. The van der Waals surface area contributed by atoms with E-state index in [1.165, 1.54) is 5.56 Å². The van der Waals surface area contributed by atoms with Gasteiger partial charge in [-0.15, -0.1) is 0 Å². The van der Waals surface area contributed by atoms with Crippen molar-refractivity contribution >= 4 is 46.2 Å². The van der Waals surface area contributed by atoms with Crippen molar-refractivity contribution in [3.8, 4) is 22.4 Å². The standard InChI is InChI=1S/C41H38B2N/c1-27-13-7-8-18-34(27)39-26-33(23-24-44(39)6)32-21-22-37-38(25-32)43(41-30(4)16-12-17-31(41)5)36-20-10-9-19-35(36)42(37)40-28(2)14-11-15-29(40)3/h7-26H,1-6H3/q+1/i2D3,4D3. The predicted molar refractivity (Wildman–Crippen MR) is 191 cm³/mol. The highest BCUT2D eigenvalue weighted by Crippen LogP contribution is 2.25.